The van der Waals surface area contributed by atoms with Crippen LogP contribution >= 0.6 is 0 Å². The van der Waals surface area contributed by atoms with Gasteiger partial charge in [0.25, 0.3) is 0 Å². The maximum atomic E-state index is 13.0. The van der Waals surface area contributed by atoms with E-state index >= 15 is 0 Å². The topological polar surface area (TPSA) is 119 Å². The third kappa shape index (κ3) is 10.7. The van der Waals surface area contributed by atoms with E-state index in [2.05, 4.69) is 6.58 Å². The second kappa shape index (κ2) is 17.5. The SMILES string of the molecule is C=CCOc1ccc(COC2CN(C(=O)OC(C)(C)C)CCC2c2ccc(OCCCOCc3ccccc3OC)cc2)cc1[N+](=O)[O-]. The Bertz CT molecular complexity index is 1500. The number of nitro benzene ring substituents is 1. The number of hydrogen-bond donors (Lipinski definition) is 0. The molecule has 3 aromatic carbocycles. The molecular formula is C37H46N2O9. The molecule has 3 aromatic rings. The number of ether oxygens (including phenoxy) is 6. The molecule has 2 unspecified atom stereocenters. The van der Waals surface area contributed by atoms with Crippen molar-refractivity contribution >= 4 is 11.8 Å². The van der Waals surface area contributed by atoms with Gasteiger partial charge in [-0.05, 0) is 62.6 Å². The minimum absolute atomic E-state index is 0.0219. The zero-order valence-electron chi connectivity index (χ0n) is 28.2. The summed E-state index contributed by atoms with van der Waals surface area (Å²) in [5.74, 6) is 1.70. The van der Waals surface area contributed by atoms with Gasteiger partial charge in [-0.15, -0.1) is 0 Å². The second-order valence-electron chi connectivity index (χ2n) is 12.5. The Kier molecular flexibility index (Phi) is 13.2. The van der Waals surface area contributed by atoms with Crippen LogP contribution < -0.4 is 14.2 Å². The monoisotopic (exact) mass is 662 g/mol. The van der Waals surface area contributed by atoms with Crippen LogP contribution in [0, 0.1) is 10.1 Å². The molecule has 1 aliphatic rings. The Balaban J connectivity index is 1.37. The highest BCUT2D eigenvalue weighted by atomic mass is 16.6. The molecule has 0 bridgehead atoms. The summed E-state index contributed by atoms with van der Waals surface area (Å²) in [6.45, 7) is 11.7. The zero-order valence-corrected chi connectivity index (χ0v) is 28.2. The maximum absolute atomic E-state index is 13.0. The van der Waals surface area contributed by atoms with Gasteiger partial charge in [0.15, 0.2) is 5.75 Å². The van der Waals surface area contributed by atoms with Crippen molar-refractivity contribution in [3.63, 3.8) is 0 Å². The Morgan fingerprint density at radius 3 is 2.50 bits per heavy atom. The van der Waals surface area contributed by atoms with Gasteiger partial charge >= 0.3 is 11.8 Å². The van der Waals surface area contributed by atoms with Crippen LogP contribution in [-0.2, 0) is 27.4 Å². The molecule has 1 fully saturated rings. The molecule has 0 aliphatic carbocycles. The minimum atomic E-state index is -0.629. The van der Waals surface area contributed by atoms with Crippen molar-refractivity contribution in [3.8, 4) is 17.2 Å². The van der Waals surface area contributed by atoms with E-state index in [1.165, 1.54) is 12.1 Å². The number of methoxy groups -OCH3 is 1. The fourth-order valence-corrected chi connectivity index (χ4v) is 5.40. The van der Waals surface area contributed by atoms with Gasteiger partial charge in [-0.3, -0.25) is 10.1 Å². The van der Waals surface area contributed by atoms with Crippen molar-refractivity contribution in [1.82, 2.24) is 4.90 Å². The standard InChI is InChI=1S/C37H46N2O9/c1-6-20-46-34-17-12-27(23-32(34)39(41)42)25-47-35-24-38(36(40)48-37(2,3)4)19-18-31(35)28-13-15-30(16-14-28)45-22-9-21-44-26-29-10-7-8-11-33(29)43-5/h6-8,10-17,23,31,35H,1,9,18-22,24-26H2,2-5H3. The molecule has 1 aliphatic heterocycles. The lowest BCUT2D eigenvalue weighted by Crippen LogP contribution is -2.48. The summed E-state index contributed by atoms with van der Waals surface area (Å²) in [4.78, 5) is 25.8. The fraction of sp³-hybridized carbons (Fsp3) is 0.432. The highest BCUT2D eigenvalue weighted by Gasteiger charge is 2.35. The first-order valence-electron chi connectivity index (χ1n) is 16.1. The lowest BCUT2D eigenvalue weighted by Gasteiger charge is -2.39. The van der Waals surface area contributed by atoms with Crippen LogP contribution in [0.15, 0.2) is 79.4 Å². The van der Waals surface area contributed by atoms with E-state index in [1.54, 1.807) is 24.1 Å². The number of amides is 1. The average molecular weight is 663 g/mol. The van der Waals surface area contributed by atoms with Gasteiger partial charge in [0.05, 0.1) is 51.1 Å². The van der Waals surface area contributed by atoms with Crippen LogP contribution in [0.3, 0.4) is 0 Å². The quantitative estimate of drug-likeness (QED) is 0.0666. The summed E-state index contributed by atoms with van der Waals surface area (Å²) in [5.41, 5.74) is 1.90. The molecular weight excluding hydrogens is 616 g/mol. The minimum Gasteiger partial charge on any atom is -0.496 e. The summed E-state index contributed by atoms with van der Waals surface area (Å²) in [5, 5.41) is 11.7. The van der Waals surface area contributed by atoms with Gasteiger partial charge in [-0.1, -0.05) is 49.1 Å². The number of likely N-dealkylation sites (tertiary alicyclic amines) is 1. The predicted molar refractivity (Wildman–Crippen MR) is 182 cm³/mol. The van der Waals surface area contributed by atoms with E-state index in [4.69, 9.17) is 28.4 Å². The van der Waals surface area contributed by atoms with Crippen LogP contribution in [0.2, 0.25) is 0 Å². The van der Waals surface area contributed by atoms with Crippen LogP contribution in [0.5, 0.6) is 17.2 Å². The largest absolute Gasteiger partial charge is 0.496 e. The first-order valence-corrected chi connectivity index (χ1v) is 16.1. The molecule has 0 aromatic heterocycles. The molecule has 1 heterocycles. The molecule has 0 saturated carbocycles. The lowest BCUT2D eigenvalue weighted by molar-refractivity contribution is -0.385. The van der Waals surface area contributed by atoms with Gasteiger partial charge in [0.2, 0.25) is 0 Å². The second-order valence-corrected chi connectivity index (χ2v) is 12.5. The molecule has 2 atom stereocenters. The predicted octanol–water partition coefficient (Wildman–Crippen LogP) is 7.46. The van der Waals surface area contributed by atoms with E-state index in [0.717, 1.165) is 29.0 Å². The molecule has 1 saturated heterocycles. The zero-order chi connectivity index (χ0) is 34.5. The summed E-state index contributed by atoms with van der Waals surface area (Å²) in [6, 6.07) is 20.5. The molecule has 0 N–H and O–H groups in total. The number of carbonyl (C=O) groups excluding carboxylic acids is 1. The molecule has 0 spiro atoms. The Hall–Kier alpha value is -4.61. The summed E-state index contributed by atoms with van der Waals surface area (Å²) >= 11 is 0. The van der Waals surface area contributed by atoms with Gasteiger partial charge in [0.1, 0.15) is 23.7 Å². The average Bonchev–Trinajstić information content (AvgIpc) is 3.07. The van der Waals surface area contributed by atoms with E-state index in [1.807, 2.05) is 69.3 Å². The Morgan fingerprint density at radius 2 is 1.79 bits per heavy atom. The van der Waals surface area contributed by atoms with Crippen molar-refractivity contribution in [1.29, 1.82) is 0 Å². The normalized spacial score (nSPS) is 16.2. The highest BCUT2D eigenvalue weighted by Crippen LogP contribution is 2.34. The summed E-state index contributed by atoms with van der Waals surface area (Å²) in [7, 11) is 1.65. The summed E-state index contributed by atoms with van der Waals surface area (Å²) < 4.78 is 34.6. The molecule has 11 nitrogen and oxygen atoms in total. The first kappa shape index (κ1) is 36.2. The van der Waals surface area contributed by atoms with Crippen molar-refractivity contribution in [2.24, 2.45) is 0 Å². The highest BCUT2D eigenvalue weighted by molar-refractivity contribution is 5.68. The van der Waals surface area contributed by atoms with Crippen LogP contribution in [0.4, 0.5) is 10.5 Å². The number of hydrogen-bond acceptors (Lipinski definition) is 9. The fourth-order valence-electron chi connectivity index (χ4n) is 5.40. The Morgan fingerprint density at radius 1 is 1.02 bits per heavy atom. The van der Waals surface area contributed by atoms with E-state index in [0.29, 0.717) is 44.9 Å². The van der Waals surface area contributed by atoms with Gasteiger partial charge in [0, 0.05) is 30.5 Å². The summed E-state index contributed by atoms with van der Waals surface area (Å²) in [6.07, 6.45) is 2.14. The Labute approximate surface area is 282 Å². The van der Waals surface area contributed by atoms with Crippen LogP contribution in [-0.4, -0.2) is 67.6 Å². The third-order valence-electron chi connectivity index (χ3n) is 7.71. The number of para-hydroxylation sites is 1. The molecule has 0 radical (unpaired) electrons. The first-order chi connectivity index (χ1) is 23.1. The van der Waals surface area contributed by atoms with Crippen molar-refractivity contribution in [3.05, 3.63) is 106 Å². The van der Waals surface area contributed by atoms with E-state index in [-0.39, 0.29) is 36.7 Å². The van der Waals surface area contributed by atoms with Crippen molar-refractivity contribution in [2.45, 2.75) is 64.4 Å². The smallest absolute Gasteiger partial charge is 0.410 e. The van der Waals surface area contributed by atoms with Crippen LogP contribution in [0.25, 0.3) is 0 Å². The molecule has 1 amide bonds. The number of nitro groups is 1. The number of rotatable bonds is 16. The van der Waals surface area contributed by atoms with Crippen molar-refractivity contribution in [2.75, 3.05) is 40.0 Å². The van der Waals surface area contributed by atoms with Gasteiger partial charge in [-0.2, -0.15) is 0 Å². The maximum Gasteiger partial charge on any atom is 0.410 e. The van der Waals surface area contributed by atoms with Gasteiger partial charge < -0.3 is 33.3 Å². The number of carbonyl (C=O) groups is 1. The van der Waals surface area contributed by atoms with E-state index < -0.39 is 16.6 Å². The van der Waals surface area contributed by atoms with Crippen LogP contribution in [0.1, 0.15) is 56.2 Å². The van der Waals surface area contributed by atoms with Crippen molar-refractivity contribution < 1.29 is 38.1 Å². The molecule has 4 rings (SSSR count). The number of nitrogens with zero attached hydrogens (tertiary/aromatic N) is 2. The molecule has 11 heteroatoms. The van der Waals surface area contributed by atoms with E-state index in [9.17, 15) is 14.9 Å². The third-order valence-corrected chi connectivity index (χ3v) is 7.71. The van der Waals surface area contributed by atoms with Gasteiger partial charge in [-0.25, -0.2) is 4.79 Å². The number of piperidine rings is 1. The lowest BCUT2D eigenvalue weighted by atomic mass is 9.87. The number of benzene rings is 3. The molecule has 258 valence electrons. The molecule has 48 heavy (non-hydrogen) atoms.